The molecule has 100 valence electrons. The fourth-order valence-electron chi connectivity index (χ4n) is 2.49. The van der Waals surface area contributed by atoms with E-state index in [1.165, 1.54) is 10.7 Å². The molecule has 2 aromatic rings. The predicted octanol–water partition coefficient (Wildman–Crippen LogP) is 1.34. The minimum Gasteiger partial charge on any atom is -0.317 e. The number of rotatable bonds is 3. The lowest BCUT2D eigenvalue weighted by Crippen LogP contribution is -2.29. The Morgan fingerprint density at radius 2 is 2.05 bits per heavy atom. The second kappa shape index (κ2) is 5.44. The molecular weight excluding hydrogens is 245 g/mol. The Labute approximate surface area is 110 Å². The van der Waals surface area contributed by atoms with Crippen molar-refractivity contribution >= 4 is 0 Å². The molecule has 2 heterocycles. The van der Waals surface area contributed by atoms with Gasteiger partial charge in [0.1, 0.15) is 11.5 Å². The van der Waals surface area contributed by atoms with Gasteiger partial charge in [-0.1, -0.05) is 12.1 Å². The zero-order valence-electron chi connectivity index (χ0n) is 10.6. The molecule has 0 amide bonds. The van der Waals surface area contributed by atoms with Crippen molar-refractivity contribution in [3.8, 4) is 5.69 Å². The van der Waals surface area contributed by atoms with Crippen molar-refractivity contribution in [2.75, 3.05) is 13.1 Å². The number of tetrazole rings is 1. The SMILES string of the molecule is Fc1ccccc1-n1nnnc1CC1CCNCC1. The van der Waals surface area contributed by atoms with Crippen LogP contribution in [0.3, 0.4) is 0 Å². The molecule has 1 aromatic heterocycles. The van der Waals surface area contributed by atoms with Crippen LogP contribution in [0, 0.1) is 11.7 Å². The van der Waals surface area contributed by atoms with E-state index in [0.29, 0.717) is 11.6 Å². The van der Waals surface area contributed by atoms with E-state index in [9.17, 15) is 4.39 Å². The average Bonchev–Trinajstić information content (AvgIpc) is 2.88. The van der Waals surface area contributed by atoms with Crippen LogP contribution in [-0.2, 0) is 6.42 Å². The monoisotopic (exact) mass is 261 g/mol. The Kier molecular flexibility index (Phi) is 3.50. The number of para-hydroxylation sites is 1. The van der Waals surface area contributed by atoms with E-state index < -0.39 is 0 Å². The van der Waals surface area contributed by atoms with E-state index in [1.54, 1.807) is 18.2 Å². The van der Waals surface area contributed by atoms with Crippen LogP contribution in [0.5, 0.6) is 0 Å². The largest absolute Gasteiger partial charge is 0.317 e. The smallest absolute Gasteiger partial charge is 0.157 e. The molecule has 0 aliphatic carbocycles. The van der Waals surface area contributed by atoms with Crippen LogP contribution < -0.4 is 5.32 Å². The highest BCUT2D eigenvalue weighted by Crippen LogP contribution is 2.19. The van der Waals surface area contributed by atoms with Gasteiger partial charge in [0.2, 0.25) is 0 Å². The molecule has 1 aliphatic heterocycles. The van der Waals surface area contributed by atoms with E-state index in [0.717, 1.165) is 38.2 Å². The Bertz CT molecular complexity index is 547. The first-order valence-electron chi connectivity index (χ1n) is 6.57. The van der Waals surface area contributed by atoms with E-state index in [2.05, 4.69) is 20.8 Å². The molecule has 0 saturated carbocycles. The normalized spacial score (nSPS) is 16.7. The Morgan fingerprint density at radius 1 is 1.26 bits per heavy atom. The number of benzene rings is 1. The summed E-state index contributed by atoms with van der Waals surface area (Å²) in [5, 5.41) is 15.0. The van der Waals surface area contributed by atoms with Crippen LogP contribution in [-0.4, -0.2) is 33.3 Å². The average molecular weight is 261 g/mol. The van der Waals surface area contributed by atoms with Crippen LogP contribution in [0.4, 0.5) is 4.39 Å². The molecule has 1 N–H and O–H groups in total. The zero-order chi connectivity index (χ0) is 13.1. The minimum absolute atomic E-state index is 0.304. The third-order valence-electron chi connectivity index (χ3n) is 3.54. The number of nitrogens with one attached hydrogen (secondary N) is 1. The van der Waals surface area contributed by atoms with Crippen LogP contribution in [0.1, 0.15) is 18.7 Å². The molecule has 1 fully saturated rings. The van der Waals surface area contributed by atoms with Gasteiger partial charge in [0.05, 0.1) is 0 Å². The summed E-state index contributed by atoms with van der Waals surface area (Å²) in [6.45, 7) is 2.07. The van der Waals surface area contributed by atoms with Crippen molar-refractivity contribution in [3.63, 3.8) is 0 Å². The maximum atomic E-state index is 13.8. The summed E-state index contributed by atoms with van der Waals surface area (Å²) in [6.07, 6.45) is 3.03. The number of hydrogen-bond acceptors (Lipinski definition) is 4. The van der Waals surface area contributed by atoms with E-state index in [-0.39, 0.29) is 5.82 Å². The van der Waals surface area contributed by atoms with Gasteiger partial charge < -0.3 is 5.32 Å². The molecule has 19 heavy (non-hydrogen) atoms. The standard InChI is InChI=1S/C13H16FN5/c14-11-3-1-2-4-12(11)19-13(16-17-18-19)9-10-5-7-15-8-6-10/h1-4,10,15H,5-9H2. The molecule has 1 saturated heterocycles. The number of hydrogen-bond donors (Lipinski definition) is 1. The molecule has 0 radical (unpaired) electrons. The summed E-state index contributed by atoms with van der Waals surface area (Å²) in [5.74, 6) is 0.996. The zero-order valence-corrected chi connectivity index (χ0v) is 10.6. The fourth-order valence-corrected chi connectivity index (χ4v) is 2.49. The lowest BCUT2D eigenvalue weighted by Gasteiger charge is -2.21. The first-order valence-corrected chi connectivity index (χ1v) is 6.57. The lowest BCUT2D eigenvalue weighted by molar-refractivity contribution is 0.364. The summed E-state index contributed by atoms with van der Waals surface area (Å²) >= 11 is 0. The van der Waals surface area contributed by atoms with Crippen LogP contribution in [0.25, 0.3) is 5.69 Å². The summed E-state index contributed by atoms with van der Waals surface area (Å²) < 4.78 is 15.3. The summed E-state index contributed by atoms with van der Waals surface area (Å²) in [4.78, 5) is 0. The molecule has 0 unspecified atom stereocenters. The quantitative estimate of drug-likeness (QED) is 0.906. The first kappa shape index (κ1) is 12.2. The third-order valence-corrected chi connectivity index (χ3v) is 3.54. The van der Waals surface area contributed by atoms with Gasteiger partial charge in [-0.25, -0.2) is 4.39 Å². The molecule has 0 atom stereocenters. The maximum absolute atomic E-state index is 13.8. The van der Waals surface area contributed by atoms with E-state index in [4.69, 9.17) is 0 Å². The number of aromatic nitrogens is 4. The van der Waals surface area contributed by atoms with Crippen molar-refractivity contribution in [1.82, 2.24) is 25.5 Å². The van der Waals surface area contributed by atoms with Gasteiger partial charge in [0, 0.05) is 6.42 Å². The van der Waals surface area contributed by atoms with Gasteiger partial charge in [-0.15, -0.1) is 5.10 Å². The van der Waals surface area contributed by atoms with E-state index in [1.807, 2.05) is 0 Å². The molecule has 1 aliphatic rings. The van der Waals surface area contributed by atoms with Gasteiger partial charge >= 0.3 is 0 Å². The third kappa shape index (κ3) is 2.63. The highest BCUT2D eigenvalue weighted by molar-refractivity contribution is 5.32. The second-order valence-electron chi connectivity index (χ2n) is 4.86. The van der Waals surface area contributed by atoms with Crippen LogP contribution >= 0.6 is 0 Å². The van der Waals surface area contributed by atoms with E-state index >= 15 is 0 Å². The maximum Gasteiger partial charge on any atom is 0.157 e. The lowest BCUT2D eigenvalue weighted by atomic mass is 9.94. The molecule has 3 rings (SSSR count). The van der Waals surface area contributed by atoms with Crippen molar-refractivity contribution in [1.29, 1.82) is 0 Å². The number of piperidine rings is 1. The Balaban J connectivity index is 1.84. The molecular formula is C13H16FN5. The summed E-state index contributed by atoms with van der Waals surface area (Å²) in [7, 11) is 0. The highest BCUT2D eigenvalue weighted by Gasteiger charge is 2.19. The molecule has 5 nitrogen and oxygen atoms in total. The number of halogens is 1. The van der Waals surface area contributed by atoms with Crippen molar-refractivity contribution in [2.24, 2.45) is 5.92 Å². The van der Waals surface area contributed by atoms with Crippen LogP contribution in [0.2, 0.25) is 0 Å². The first-order chi connectivity index (χ1) is 9.34. The fraction of sp³-hybridized carbons (Fsp3) is 0.462. The van der Waals surface area contributed by atoms with Crippen molar-refractivity contribution in [2.45, 2.75) is 19.3 Å². The summed E-state index contributed by atoms with van der Waals surface area (Å²) in [5.41, 5.74) is 0.413. The number of nitrogens with zero attached hydrogens (tertiary/aromatic N) is 4. The molecule has 6 heteroatoms. The molecule has 0 bridgehead atoms. The highest BCUT2D eigenvalue weighted by atomic mass is 19.1. The molecule has 1 aromatic carbocycles. The van der Waals surface area contributed by atoms with Gasteiger partial charge in [-0.05, 0) is 54.4 Å². The van der Waals surface area contributed by atoms with Crippen LogP contribution in [0.15, 0.2) is 24.3 Å². The minimum atomic E-state index is -0.304. The molecule has 0 spiro atoms. The second-order valence-corrected chi connectivity index (χ2v) is 4.86. The van der Waals surface area contributed by atoms with Crippen molar-refractivity contribution in [3.05, 3.63) is 35.9 Å². The Hall–Kier alpha value is -1.82. The van der Waals surface area contributed by atoms with Gasteiger partial charge in [-0.3, -0.25) is 0 Å². The summed E-state index contributed by atoms with van der Waals surface area (Å²) in [6, 6.07) is 6.56. The van der Waals surface area contributed by atoms with Gasteiger partial charge in [0.25, 0.3) is 0 Å². The van der Waals surface area contributed by atoms with Gasteiger partial charge in [-0.2, -0.15) is 4.68 Å². The van der Waals surface area contributed by atoms with Gasteiger partial charge in [0.15, 0.2) is 5.82 Å². The Morgan fingerprint density at radius 3 is 2.84 bits per heavy atom. The topological polar surface area (TPSA) is 55.6 Å². The predicted molar refractivity (Wildman–Crippen MR) is 68.4 cm³/mol. The van der Waals surface area contributed by atoms with Crippen molar-refractivity contribution < 1.29 is 4.39 Å².